The second-order valence-corrected chi connectivity index (χ2v) is 8.00. The van der Waals surface area contributed by atoms with E-state index >= 15 is 0 Å². The molecule has 12 nitrogen and oxygen atoms in total. The highest BCUT2D eigenvalue weighted by molar-refractivity contribution is 5.85. The van der Waals surface area contributed by atoms with E-state index in [9.17, 15) is 9.59 Å². The van der Waals surface area contributed by atoms with Gasteiger partial charge in [0.2, 0.25) is 5.91 Å². The number of hydrogen-bond donors (Lipinski definition) is 4. The van der Waals surface area contributed by atoms with Gasteiger partial charge in [0.1, 0.15) is 12.6 Å². The number of hydrogen-bond acceptors (Lipinski definition) is 9. The van der Waals surface area contributed by atoms with Crippen molar-refractivity contribution in [1.82, 2.24) is 30.8 Å². The van der Waals surface area contributed by atoms with Gasteiger partial charge in [-0.2, -0.15) is 0 Å². The van der Waals surface area contributed by atoms with Crippen LogP contribution < -0.4 is 16.4 Å². The Bertz CT molecular complexity index is 861. The van der Waals surface area contributed by atoms with E-state index in [1.54, 1.807) is 13.8 Å². The molecular formula is C21H34ClN7O5. The van der Waals surface area contributed by atoms with Gasteiger partial charge < -0.3 is 30.9 Å². The fraction of sp³-hybridized carbons (Fsp3) is 0.571. The van der Waals surface area contributed by atoms with E-state index in [-0.39, 0.29) is 44.7 Å². The zero-order chi connectivity index (χ0) is 24.1. The largest absolute Gasteiger partial charge is 0.448 e. The van der Waals surface area contributed by atoms with E-state index in [1.165, 1.54) is 4.68 Å². The molecule has 1 atom stereocenters. The van der Waals surface area contributed by atoms with Gasteiger partial charge in [0, 0.05) is 13.2 Å². The monoisotopic (exact) mass is 499 g/mol. The normalized spacial score (nSPS) is 11.9. The number of aromatic nitrogens is 4. The van der Waals surface area contributed by atoms with Crippen molar-refractivity contribution in [2.45, 2.75) is 51.4 Å². The summed E-state index contributed by atoms with van der Waals surface area (Å²) in [5.74, 6) is -0.0310. The van der Waals surface area contributed by atoms with Crippen LogP contribution in [-0.4, -0.2) is 69.2 Å². The fourth-order valence-electron chi connectivity index (χ4n) is 2.72. The number of alkyl carbamates (subject to hydrolysis) is 1. The Morgan fingerprint density at radius 3 is 2.65 bits per heavy atom. The second kappa shape index (κ2) is 15.2. The maximum atomic E-state index is 12.5. The highest BCUT2D eigenvalue weighted by Crippen LogP contribution is 2.13. The predicted octanol–water partition coefficient (Wildman–Crippen LogP) is 0.705. The molecule has 5 N–H and O–H groups in total. The molecule has 2 amide bonds. The van der Waals surface area contributed by atoms with Crippen molar-refractivity contribution < 1.29 is 24.2 Å². The van der Waals surface area contributed by atoms with E-state index in [0.717, 1.165) is 5.56 Å². The number of benzene rings is 1. The zero-order valence-corrected chi connectivity index (χ0v) is 20.3. The van der Waals surface area contributed by atoms with Crippen LogP contribution >= 0.6 is 12.4 Å². The summed E-state index contributed by atoms with van der Waals surface area (Å²) in [6, 6.07) is 8.96. The summed E-state index contributed by atoms with van der Waals surface area (Å²) in [5, 5.41) is 25.8. The predicted molar refractivity (Wildman–Crippen MR) is 126 cm³/mol. The average molecular weight is 500 g/mol. The van der Waals surface area contributed by atoms with Crippen LogP contribution in [0.15, 0.2) is 30.3 Å². The topological polar surface area (TPSA) is 167 Å². The first kappa shape index (κ1) is 29.2. The molecule has 13 heteroatoms. The first-order valence-corrected chi connectivity index (χ1v) is 10.8. The van der Waals surface area contributed by atoms with E-state index in [4.69, 9.17) is 20.3 Å². The summed E-state index contributed by atoms with van der Waals surface area (Å²) in [7, 11) is 0. The smallest absolute Gasteiger partial charge is 0.407 e. The molecule has 0 radical (unpaired) electrons. The minimum absolute atomic E-state index is 0. The Morgan fingerprint density at radius 1 is 1.24 bits per heavy atom. The number of nitrogens with one attached hydrogen (secondary N) is 2. The van der Waals surface area contributed by atoms with Gasteiger partial charge in [-0.25, -0.2) is 9.48 Å². The molecular weight excluding hydrogens is 466 g/mol. The number of amides is 2. The van der Waals surface area contributed by atoms with E-state index in [0.29, 0.717) is 31.8 Å². The molecule has 0 aliphatic carbocycles. The fourth-order valence-corrected chi connectivity index (χ4v) is 2.72. The molecule has 1 heterocycles. The van der Waals surface area contributed by atoms with E-state index in [2.05, 4.69) is 26.2 Å². The van der Waals surface area contributed by atoms with Crippen molar-refractivity contribution in [3.63, 3.8) is 0 Å². The maximum Gasteiger partial charge on any atom is 0.407 e. The van der Waals surface area contributed by atoms with Crippen LogP contribution in [0.1, 0.15) is 44.1 Å². The van der Waals surface area contributed by atoms with Crippen molar-refractivity contribution >= 4 is 24.4 Å². The Balaban J connectivity index is 0.00000578. The molecule has 0 fully saturated rings. The number of aliphatic hydroxyl groups excluding tert-OH is 1. The number of nitrogens with zero attached hydrogens (tertiary/aromatic N) is 4. The minimum atomic E-state index is -1.10. The highest BCUT2D eigenvalue weighted by atomic mass is 35.5. The highest BCUT2D eigenvalue weighted by Gasteiger charge is 2.28. The van der Waals surface area contributed by atoms with Gasteiger partial charge in [-0.1, -0.05) is 30.3 Å². The summed E-state index contributed by atoms with van der Waals surface area (Å²) in [6.07, 6.45) is 0.696. The molecule has 190 valence electrons. The molecule has 0 unspecified atom stereocenters. The standard InChI is InChI=1S/C21H33N7O5.ClH/c1-21(2,22)19(30)24-17(15-32-14-16-8-4-3-5-9-16)18-25-26-27-28(18)11-13-33-20(31)23-10-6-7-12-29;/h3-5,8-9,17,29H,6-7,10-15,22H2,1-2H3,(H,23,31)(H,24,30);1H/t17-;/m1./s1. The lowest BCUT2D eigenvalue weighted by Gasteiger charge is -2.23. The zero-order valence-electron chi connectivity index (χ0n) is 19.5. The van der Waals surface area contributed by atoms with Crippen molar-refractivity contribution in [3.05, 3.63) is 41.7 Å². The quantitative estimate of drug-likeness (QED) is 0.273. The van der Waals surface area contributed by atoms with Crippen LogP contribution in [0.3, 0.4) is 0 Å². The summed E-state index contributed by atoms with van der Waals surface area (Å²) in [4.78, 5) is 24.2. The van der Waals surface area contributed by atoms with Gasteiger partial charge >= 0.3 is 6.09 Å². The summed E-state index contributed by atoms with van der Waals surface area (Å²) >= 11 is 0. The van der Waals surface area contributed by atoms with Gasteiger partial charge in [-0.15, -0.1) is 17.5 Å². The SMILES string of the molecule is CC(C)(N)C(=O)N[C@H](COCc1ccccc1)c1nnnn1CCOC(=O)NCCCCO.Cl. The molecule has 0 saturated carbocycles. The first-order valence-electron chi connectivity index (χ1n) is 10.8. The van der Waals surface area contributed by atoms with Crippen LogP contribution in [0.4, 0.5) is 4.79 Å². The van der Waals surface area contributed by atoms with Crippen molar-refractivity contribution in [1.29, 1.82) is 0 Å². The third-order valence-corrected chi connectivity index (χ3v) is 4.55. The average Bonchev–Trinajstić information content (AvgIpc) is 3.24. The van der Waals surface area contributed by atoms with Crippen molar-refractivity contribution in [2.24, 2.45) is 5.73 Å². The number of tetrazole rings is 1. The molecule has 2 rings (SSSR count). The Labute approximate surface area is 205 Å². The Hall–Kier alpha value is -2.80. The van der Waals surface area contributed by atoms with Crippen LogP contribution in [-0.2, 0) is 27.4 Å². The molecule has 0 bridgehead atoms. The van der Waals surface area contributed by atoms with Crippen LogP contribution in [0.2, 0.25) is 0 Å². The van der Waals surface area contributed by atoms with Crippen molar-refractivity contribution in [2.75, 3.05) is 26.4 Å². The van der Waals surface area contributed by atoms with Crippen LogP contribution in [0.5, 0.6) is 0 Å². The summed E-state index contributed by atoms with van der Waals surface area (Å²) in [5.41, 5.74) is 5.80. The number of ether oxygens (including phenoxy) is 2. The molecule has 0 aliphatic rings. The molecule has 1 aromatic carbocycles. The Kier molecular flexibility index (Phi) is 13.0. The minimum Gasteiger partial charge on any atom is -0.448 e. The first-order chi connectivity index (χ1) is 15.8. The molecule has 2 aromatic rings. The molecule has 0 aliphatic heterocycles. The summed E-state index contributed by atoms with van der Waals surface area (Å²) < 4.78 is 12.4. The lowest BCUT2D eigenvalue weighted by Crippen LogP contribution is -2.51. The molecule has 1 aromatic heterocycles. The van der Waals surface area contributed by atoms with Crippen LogP contribution in [0, 0.1) is 0 Å². The number of halogens is 1. The van der Waals surface area contributed by atoms with E-state index in [1.807, 2.05) is 30.3 Å². The molecule has 0 saturated heterocycles. The third-order valence-electron chi connectivity index (χ3n) is 4.55. The van der Waals surface area contributed by atoms with Gasteiger partial charge in [0.15, 0.2) is 5.82 Å². The van der Waals surface area contributed by atoms with Gasteiger partial charge in [0.25, 0.3) is 0 Å². The number of carbonyl (C=O) groups is 2. The lowest BCUT2D eigenvalue weighted by molar-refractivity contribution is -0.126. The molecule has 0 spiro atoms. The molecule has 34 heavy (non-hydrogen) atoms. The van der Waals surface area contributed by atoms with Gasteiger partial charge in [-0.05, 0) is 42.7 Å². The third kappa shape index (κ3) is 10.4. The number of unbranched alkanes of at least 4 members (excludes halogenated alkanes) is 1. The lowest BCUT2D eigenvalue weighted by atomic mass is 10.1. The van der Waals surface area contributed by atoms with Crippen LogP contribution in [0.25, 0.3) is 0 Å². The number of carbonyl (C=O) groups excluding carboxylic acids is 2. The Morgan fingerprint density at radius 2 is 1.97 bits per heavy atom. The van der Waals surface area contributed by atoms with Crippen molar-refractivity contribution in [3.8, 4) is 0 Å². The maximum absolute atomic E-state index is 12.5. The second-order valence-electron chi connectivity index (χ2n) is 8.00. The number of nitrogens with two attached hydrogens (primary N) is 1. The number of aliphatic hydroxyl groups is 1. The van der Waals surface area contributed by atoms with E-state index < -0.39 is 17.7 Å². The van der Waals surface area contributed by atoms with Gasteiger partial charge in [-0.3, -0.25) is 4.79 Å². The van der Waals surface area contributed by atoms with Gasteiger partial charge in [0.05, 0.1) is 25.3 Å². The summed E-state index contributed by atoms with van der Waals surface area (Å²) in [6.45, 7) is 4.36. The number of rotatable bonds is 14.